The van der Waals surface area contributed by atoms with Crippen LogP contribution in [0.15, 0.2) is 72.8 Å². The Balaban J connectivity index is 0.000000510. The van der Waals surface area contributed by atoms with Crippen LogP contribution in [0.5, 0.6) is 11.5 Å². The first-order valence-corrected chi connectivity index (χ1v) is 12.7. The Morgan fingerprint density at radius 2 is 1.65 bits per heavy atom. The lowest BCUT2D eigenvalue weighted by Gasteiger charge is -2.14. The number of aryl methyl sites for hydroxylation is 1. The number of rotatable bonds is 11. The summed E-state index contributed by atoms with van der Waals surface area (Å²) in [4.78, 5) is 24.3. The second-order valence-corrected chi connectivity index (χ2v) is 8.57. The zero-order valence-corrected chi connectivity index (χ0v) is 21.9. The monoisotopic (exact) mass is 506 g/mol. The van der Waals surface area contributed by atoms with E-state index < -0.39 is 17.9 Å². The van der Waals surface area contributed by atoms with Crippen molar-refractivity contribution in [3.05, 3.63) is 89.5 Å². The van der Waals surface area contributed by atoms with E-state index in [2.05, 4.69) is 36.5 Å². The molecule has 0 fully saturated rings. The van der Waals surface area contributed by atoms with Crippen LogP contribution in [0.3, 0.4) is 0 Å². The highest BCUT2D eigenvalue weighted by molar-refractivity contribution is 5.97. The predicted octanol–water partition coefficient (Wildman–Crippen LogP) is 5.31. The molecule has 1 unspecified atom stereocenters. The predicted molar refractivity (Wildman–Crippen MR) is 147 cm³/mol. The summed E-state index contributed by atoms with van der Waals surface area (Å²) in [5, 5.41) is 11.9. The summed E-state index contributed by atoms with van der Waals surface area (Å²) in [7, 11) is 0. The average Bonchev–Trinajstić information content (AvgIpc) is 2.91. The number of ether oxygens (including phenoxy) is 2. The summed E-state index contributed by atoms with van der Waals surface area (Å²) in [5.41, 5.74) is 9.11. The van der Waals surface area contributed by atoms with Crippen molar-refractivity contribution in [2.75, 3.05) is 18.9 Å². The van der Waals surface area contributed by atoms with Gasteiger partial charge in [-0.2, -0.15) is 0 Å². The molecule has 1 amide bonds. The molecule has 0 saturated heterocycles. The standard InChI is InChI=1S/C22H28N2O5.C8H10/c1-3-4-12-29-22(27)15(2)24-21(26)17-7-10-19(23)20(14-17)28-13-11-16-5-8-18(25)9-6-16;1-2-8-6-4-3-5-7-8/h5-10,14-15,25H,3-4,11-13,23H2,1-2H3,(H,24,26);3-7H,2H2,1H3. The van der Waals surface area contributed by atoms with Crippen LogP contribution in [-0.2, 0) is 22.4 Å². The molecule has 0 radical (unpaired) electrons. The van der Waals surface area contributed by atoms with Gasteiger partial charge in [0, 0.05) is 12.0 Å². The minimum atomic E-state index is -0.754. The summed E-state index contributed by atoms with van der Waals surface area (Å²) < 4.78 is 10.8. The van der Waals surface area contributed by atoms with Crippen molar-refractivity contribution in [1.29, 1.82) is 0 Å². The molecule has 7 heteroatoms. The summed E-state index contributed by atoms with van der Waals surface area (Å²) in [6.45, 7) is 6.45. The van der Waals surface area contributed by atoms with E-state index in [-0.39, 0.29) is 5.75 Å². The van der Waals surface area contributed by atoms with Crippen LogP contribution in [0.25, 0.3) is 0 Å². The SMILES string of the molecule is CCCCOC(=O)C(C)NC(=O)c1ccc(N)c(OCCc2ccc(O)cc2)c1.CCc1ccccc1. The van der Waals surface area contributed by atoms with Crippen LogP contribution >= 0.6 is 0 Å². The Bertz CT molecular complexity index is 1100. The molecule has 1 atom stereocenters. The van der Waals surface area contributed by atoms with Crippen molar-refractivity contribution in [1.82, 2.24) is 5.32 Å². The third-order valence-corrected chi connectivity index (χ3v) is 5.55. The molecule has 37 heavy (non-hydrogen) atoms. The van der Waals surface area contributed by atoms with Crippen molar-refractivity contribution in [3.63, 3.8) is 0 Å². The molecule has 0 aliphatic heterocycles. The van der Waals surface area contributed by atoms with Crippen LogP contribution < -0.4 is 15.8 Å². The van der Waals surface area contributed by atoms with Gasteiger partial charge in [-0.05, 0) is 61.2 Å². The normalized spacial score (nSPS) is 11.0. The number of phenols is 1. The molecular weight excluding hydrogens is 468 g/mol. The number of aromatic hydroxyl groups is 1. The first-order chi connectivity index (χ1) is 17.8. The number of hydrogen-bond donors (Lipinski definition) is 3. The fourth-order valence-electron chi connectivity index (χ4n) is 3.24. The van der Waals surface area contributed by atoms with E-state index in [9.17, 15) is 14.7 Å². The zero-order chi connectivity index (χ0) is 27.0. The number of nitrogens with two attached hydrogens (primary N) is 1. The highest BCUT2D eigenvalue weighted by Crippen LogP contribution is 2.23. The lowest BCUT2D eigenvalue weighted by atomic mass is 10.1. The van der Waals surface area contributed by atoms with Gasteiger partial charge in [-0.15, -0.1) is 0 Å². The first kappa shape index (κ1) is 29.2. The van der Waals surface area contributed by atoms with Crippen molar-refractivity contribution in [2.45, 2.75) is 52.5 Å². The number of benzene rings is 3. The molecule has 3 aromatic rings. The van der Waals surface area contributed by atoms with Gasteiger partial charge in [0.1, 0.15) is 17.5 Å². The zero-order valence-electron chi connectivity index (χ0n) is 21.9. The minimum Gasteiger partial charge on any atom is -0.508 e. The van der Waals surface area contributed by atoms with Crippen molar-refractivity contribution in [3.8, 4) is 11.5 Å². The number of phenolic OH excluding ortho intramolecular Hbond substituents is 1. The third-order valence-electron chi connectivity index (χ3n) is 5.55. The van der Waals surface area contributed by atoms with Crippen molar-refractivity contribution in [2.24, 2.45) is 0 Å². The minimum absolute atomic E-state index is 0.209. The molecule has 7 nitrogen and oxygen atoms in total. The maximum absolute atomic E-state index is 12.4. The molecule has 0 aliphatic carbocycles. The van der Waals surface area contributed by atoms with Crippen LogP contribution in [-0.4, -0.2) is 36.2 Å². The number of hydrogen-bond acceptors (Lipinski definition) is 6. The van der Waals surface area contributed by atoms with E-state index in [0.29, 0.717) is 36.6 Å². The second kappa shape index (κ2) is 15.9. The number of anilines is 1. The van der Waals surface area contributed by atoms with Crippen LogP contribution in [0, 0.1) is 0 Å². The second-order valence-electron chi connectivity index (χ2n) is 8.57. The van der Waals surface area contributed by atoms with Gasteiger partial charge in [0.15, 0.2) is 0 Å². The smallest absolute Gasteiger partial charge is 0.328 e. The van der Waals surface area contributed by atoms with Gasteiger partial charge < -0.3 is 25.6 Å². The molecule has 0 aromatic heterocycles. The van der Waals surface area contributed by atoms with Crippen LogP contribution in [0.1, 0.15) is 55.1 Å². The molecule has 0 saturated carbocycles. The fraction of sp³-hybridized carbons (Fsp3) is 0.333. The largest absolute Gasteiger partial charge is 0.508 e. The van der Waals surface area contributed by atoms with Crippen LogP contribution in [0.2, 0.25) is 0 Å². The molecule has 0 heterocycles. The molecule has 4 N–H and O–H groups in total. The highest BCUT2D eigenvalue weighted by atomic mass is 16.5. The van der Waals surface area contributed by atoms with Crippen molar-refractivity contribution < 1.29 is 24.2 Å². The molecular formula is C30H38N2O5. The maximum Gasteiger partial charge on any atom is 0.328 e. The Kier molecular flexibility index (Phi) is 12.5. The number of carbonyl (C=O) groups is 2. The van der Waals surface area contributed by atoms with Gasteiger partial charge in [0.2, 0.25) is 0 Å². The fourth-order valence-corrected chi connectivity index (χ4v) is 3.24. The number of carbonyl (C=O) groups excluding carboxylic acids is 2. The van der Waals surface area contributed by atoms with Crippen LogP contribution in [0.4, 0.5) is 5.69 Å². The lowest BCUT2D eigenvalue weighted by Crippen LogP contribution is -2.39. The van der Waals surface area contributed by atoms with E-state index in [4.69, 9.17) is 15.2 Å². The quantitative estimate of drug-likeness (QED) is 0.185. The van der Waals surface area contributed by atoms with E-state index in [1.165, 1.54) is 5.56 Å². The molecule has 3 aromatic carbocycles. The Hall–Kier alpha value is -4.00. The van der Waals surface area contributed by atoms with Gasteiger partial charge in [-0.1, -0.05) is 62.7 Å². The van der Waals surface area contributed by atoms with Gasteiger partial charge in [-0.25, -0.2) is 4.79 Å². The Morgan fingerprint density at radius 1 is 0.946 bits per heavy atom. The molecule has 0 spiro atoms. The lowest BCUT2D eigenvalue weighted by molar-refractivity contribution is -0.145. The molecule has 198 valence electrons. The summed E-state index contributed by atoms with van der Waals surface area (Å²) >= 11 is 0. The molecule has 0 aliphatic rings. The van der Waals surface area contributed by atoms with E-state index in [1.807, 2.05) is 25.1 Å². The Morgan fingerprint density at radius 3 is 2.27 bits per heavy atom. The number of nitrogen functional groups attached to an aromatic ring is 1. The van der Waals surface area contributed by atoms with E-state index in [0.717, 1.165) is 24.8 Å². The molecule has 3 rings (SSSR count). The van der Waals surface area contributed by atoms with E-state index >= 15 is 0 Å². The topological polar surface area (TPSA) is 111 Å². The summed E-state index contributed by atoms with van der Waals surface area (Å²) in [5.74, 6) is -0.267. The third kappa shape index (κ3) is 10.7. The van der Waals surface area contributed by atoms with Gasteiger partial charge in [-0.3, -0.25) is 4.79 Å². The number of esters is 1. The van der Waals surface area contributed by atoms with Gasteiger partial charge >= 0.3 is 5.97 Å². The van der Waals surface area contributed by atoms with Crippen molar-refractivity contribution >= 4 is 17.6 Å². The summed E-state index contributed by atoms with van der Waals surface area (Å²) in [6.07, 6.45) is 3.47. The van der Waals surface area contributed by atoms with E-state index in [1.54, 1.807) is 37.3 Å². The molecule has 0 bridgehead atoms. The number of amides is 1. The number of nitrogens with one attached hydrogen (secondary N) is 1. The average molecular weight is 507 g/mol. The maximum atomic E-state index is 12.4. The highest BCUT2D eigenvalue weighted by Gasteiger charge is 2.18. The van der Waals surface area contributed by atoms with Gasteiger partial charge in [0.25, 0.3) is 5.91 Å². The number of unbranched alkanes of at least 4 members (excludes halogenated alkanes) is 1. The summed E-state index contributed by atoms with van der Waals surface area (Å²) in [6, 6.07) is 21.3. The Labute approximate surface area is 219 Å². The first-order valence-electron chi connectivity index (χ1n) is 12.7. The van der Waals surface area contributed by atoms with Gasteiger partial charge in [0.05, 0.1) is 18.9 Å².